The van der Waals surface area contributed by atoms with Gasteiger partial charge in [-0.2, -0.15) is 0 Å². The van der Waals surface area contributed by atoms with Gasteiger partial charge in [0, 0.05) is 28.9 Å². The second-order valence-corrected chi connectivity index (χ2v) is 8.83. The number of carbonyl (C=O) groups excluding carboxylic acids is 1. The number of hydrogen-bond donors (Lipinski definition) is 1. The fourth-order valence-electron chi connectivity index (χ4n) is 3.05. The Hall–Kier alpha value is -1.07. The largest absolute Gasteiger partial charge is 0.444 e. The summed E-state index contributed by atoms with van der Waals surface area (Å²) in [5.41, 5.74) is 0.972. The first-order chi connectivity index (χ1) is 10.8. The number of nitrogens with one attached hydrogen (secondary N) is 1. The van der Waals surface area contributed by atoms with Gasteiger partial charge in [0.05, 0.1) is 0 Å². The van der Waals surface area contributed by atoms with Crippen molar-refractivity contribution in [2.75, 3.05) is 13.1 Å². The van der Waals surface area contributed by atoms with Crippen LogP contribution >= 0.6 is 11.3 Å². The van der Waals surface area contributed by atoms with E-state index in [2.05, 4.69) is 25.2 Å². The Morgan fingerprint density at radius 2 is 2.17 bits per heavy atom. The number of rotatable bonds is 5. The van der Waals surface area contributed by atoms with E-state index in [-0.39, 0.29) is 6.09 Å². The van der Waals surface area contributed by atoms with Gasteiger partial charge in [-0.1, -0.05) is 0 Å². The van der Waals surface area contributed by atoms with Crippen LogP contribution in [0.15, 0.2) is 6.07 Å². The molecule has 1 atom stereocenters. The Morgan fingerprint density at radius 1 is 1.43 bits per heavy atom. The fraction of sp³-hybridized carbons (Fsp3) is 0.722. The molecule has 1 aromatic rings. The fourth-order valence-corrected chi connectivity index (χ4v) is 3.99. The van der Waals surface area contributed by atoms with Crippen LogP contribution in [-0.4, -0.2) is 35.7 Å². The Morgan fingerprint density at radius 3 is 2.78 bits per heavy atom. The molecule has 2 rings (SSSR count). The highest BCUT2D eigenvalue weighted by molar-refractivity contribution is 7.12. The summed E-state index contributed by atoms with van der Waals surface area (Å²) in [6.07, 6.45) is 2.98. The molecule has 1 aliphatic heterocycles. The first-order valence-corrected chi connectivity index (χ1v) is 9.34. The minimum absolute atomic E-state index is 0.163. The number of likely N-dealkylation sites (tertiary alicyclic amines) is 1. The van der Waals surface area contributed by atoms with Crippen molar-refractivity contribution < 1.29 is 9.53 Å². The van der Waals surface area contributed by atoms with Gasteiger partial charge in [-0.05, 0) is 72.1 Å². The lowest BCUT2D eigenvalue weighted by molar-refractivity contribution is 0.0221. The molecule has 0 spiro atoms. The van der Waals surface area contributed by atoms with Gasteiger partial charge in [0.1, 0.15) is 5.60 Å². The lowest BCUT2D eigenvalue weighted by atomic mass is 10.1. The van der Waals surface area contributed by atoms with Crippen LogP contribution in [0.1, 0.15) is 55.4 Å². The predicted molar refractivity (Wildman–Crippen MR) is 96.1 cm³/mol. The zero-order chi connectivity index (χ0) is 17.0. The van der Waals surface area contributed by atoms with Gasteiger partial charge in [0.15, 0.2) is 0 Å². The first kappa shape index (κ1) is 18.3. The second kappa shape index (κ2) is 7.67. The molecule has 1 amide bonds. The maximum Gasteiger partial charge on any atom is 0.410 e. The molecule has 1 aromatic heterocycles. The van der Waals surface area contributed by atoms with E-state index in [0.29, 0.717) is 6.04 Å². The smallest absolute Gasteiger partial charge is 0.410 e. The zero-order valence-corrected chi connectivity index (χ0v) is 15.9. The number of amides is 1. The SMILES string of the molecule is Cc1cc(CNCCC2CCCN2C(=O)OC(C)(C)C)c(C)s1. The average molecular weight is 339 g/mol. The van der Waals surface area contributed by atoms with E-state index in [1.165, 1.54) is 15.3 Å². The second-order valence-electron chi connectivity index (χ2n) is 7.37. The molecule has 0 aliphatic carbocycles. The van der Waals surface area contributed by atoms with Crippen molar-refractivity contribution in [3.05, 3.63) is 21.4 Å². The molecule has 0 saturated carbocycles. The molecule has 1 unspecified atom stereocenters. The summed E-state index contributed by atoms with van der Waals surface area (Å²) in [5, 5.41) is 3.52. The lowest BCUT2D eigenvalue weighted by Gasteiger charge is -2.28. The van der Waals surface area contributed by atoms with E-state index in [9.17, 15) is 4.79 Å². The maximum absolute atomic E-state index is 12.3. The van der Waals surface area contributed by atoms with E-state index in [1.54, 1.807) is 0 Å². The molecule has 1 N–H and O–H groups in total. The third-order valence-electron chi connectivity index (χ3n) is 4.12. The van der Waals surface area contributed by atoms with Crippen molar-refractivity contribution in [3.63, 3.8) is 0 Å². The molecule has 0 bridgehead atoms. The molecular formula is C18H30N2O2S. The minimum atomic E-state index is -0.420. The van der Waals surface area contributed by atoms with Gasteiger partial charge in [0.2, 0.25) is 0 Å². The highest BCUT2D eigenvalue weighted by Crippen LogP contribution is 2.23. The number of nitrogens with zero attached hydrogens (tertiary/aromatic N) is 1. The standard InChI is InChI=1S/C18H30N2O2S/c1-13-11-15(14(2)23-13)12-19-9-8-16-7-6-10-20(16)17(21)22-18(3,4)5/h11,16,19H,6-10,12H2,1-5H3. The summed E-state index contributed by atoms with van der Waals surface area (Å²) in [6, 6.07) is 2.57. The van der Waals surface area contributed by atoms with Gasteiger partial charge in [-0.3, -0.25) is 0 Å². The molecular weight excluding hydrogens is 308 g/mol. The van der Waals surface area contributed by atoms with Crippen LogP contribution in [0, 0.1) is 13.8 Å². The number of aryl methyl sites for hydroxylation is 2. The van der Waals surface area contributed by atoms with E-state index < -0.39 is 5.60 Å². The monoisotopic (exact) mass is 338 g/mol. The van der Waals surface area contributed by atoms with Gasteiger partial charge in [0.25, 0.3) is 0 Å². The number of thiophene rings is 1. The van der Waals surface area contributed by atoms with Crippen molar-refractivity contribution in [1.29, 1.82) is 0 Å². The molecule has 5 heteroatoms. The van der Waals surface area contributed by atoms with Crippen LogP contribution in [0.2, 0.25) is 0 Å². The minimum Gasteiger partial charge on any atom is -0.444 e. The Balaban J connectivity index is 1.76. The molecule has 1 fully saturated rings. The van der Waals surface area contributed by atoms with Crippen LogP contribution in [0.4, 0.5) is 4.79 Å². The number of hydrogen-bond acceptors (Lipinski definition) is 4. The summed E-state index contributed by atoms with van der Waals surface area (Å²) >= 11 is 1.85. The normalized spacial score (nSPS) is 18.5. The first-order valence-electron chi connectivity index (χ1n) is 8.52. The van der Waals surface area contributed by atoms with E-state index in [1.807, 2.05) is 37.0 Å². The lowest BCUT2D eigenvalue weighted by Crippen LogP contribution is -2.40. The summed E-state index contributed by atoms with van der Waals surface area (Å²) in [7, 11) is 0. The number of ether oxygens (including phenoxy) is 1. The van der Waals surface area contributed by atoms with Crippen molar-refractivity contribution >= 4 is 17.4 Å². The summed E-state index contributed by atoms with van der Waals surface area (Å²) in [5.74, 6) is 0. The van der Waals surface area contributed by atoms with E-state index in [0.717, 1.165) is 38.9 Å². The van der Waals surface area contributed by atoms with Gasteiger partial charge in [-0.15, -0.1) is 11.3 Å². The van der Waals surface area contributed by atoms with Crippen molar-refractivity contribution in [2.45, 2.75) is 72.1 Å². The molecule has 0 aromatic carbocycles. The third kappa shape index (κ3) is 5.50. The van der Waals surface area contributed by atoms with Crippen molar-refractivity contribution in [1.82, 2.24) is 10.2 Å². The third-order valence-corrected chi connectivity index (χ3v) is 5.13. The van der Waals surface area contributed by atoms with Crippen LogP contribution < -0.4 is 5.32 Å². The Kier molecular flexibility index (Phi) is 6.09. The maximum atomic E-state index is 12.3. The van der Waals surface area contributed by atoms with Crippen LogP contribution in [-0.2, 0) is 11.3 Å². The predicted octanol–water partition coefficient (Wildman–Crippen LogP) is 4.24. The number of carbonyl (C=O) groups is 1. The molecule has 130 valence electrons. The van der Waals surface area contributed by atoms with Gasteiger partial charge >= 0.3 is 6.09 Å². The van der Waals surface area contributed by atoms with Crippen LogP contribution in [0.5, 0.6) is 0 Å². The van der Waals surface area contributed by atoms with Gasteiger partial charge < -0.3 is 15.0 Å². The molecule has 2 heterocycles. The Bertz CT molecular complexity index is 534. The summed E-state index contributed by atoms with van der Waals surface area (Å²) < 4.78 is 5.51. The highest BCUT2D eigenvalue weighted by Gasteiger charge is 2.31. The van der Waals surface area contributed by atoms with Crippen LogP contribution in [0.25, 0.3) is 0 Å². The Labute approximate surface area is 144 Å². The molecule has 0 radical (unpaired) electrons. The van der Waals surface area contributed by atoms with Gasteiger partial charge in [-0.25, -0.2) is 4.79 Å². The summed E-state index contributed by atoms with van der Waals surface area (Å²) in [6.45, 7) is 12.7. The average Bonchev–Trinajstić information content (AvgIpc) is 2.99. The molecule has 4 nitrogen and oxygen atoms in total. The summed E-state index contributed by atoms with van der Waals surface area (Å²) in [4.78, 5) is 16.9. The molecule has 23 heavy (non-hydrogen) atoms. The van der Waals surface area contributed by atoms with Crippen LogP contribution in [0.3, 0.4) is 0 Å². The topological polar surface area (TPSA) is 41.6 Å². The molecule has 1 aliphatic rings. The van der Waals surface area contributed by atoms with E-state index in [4.69, 9.17) is 4.74 Å². The highest BCUT2D eigenvalue weighted by atomic mass is 32.1. The zero-order valence-electron chi connectivity index (χ0n) is 15.1. The van der Waals surface area contributed by atoms with E-state index >= 15 is 0 Å². The van der Waals surface area contributed by atoms with Crippen molar-refractivity contribution in [2.24, 2.45) is 0 Å². The quantitative estimate of drug-likeness (QED) is 0.816. The molecule has 1 saturated heterocycles. The van der Waals surface area contributed by atoms with Crippen molar-refractivity contribution in [3.8, 4) is 0 Å².